The Balaban J connectivity index is 1.81. The largest absolute Gasteiger partial charge is 0.271 e. The second-order valence-corrected chi connectivity index (χ2v) is 6.86. The number of hydrogen-bond acceptors (Lipinski definition) is 3. The van der Waals surface area contributed by atoms with Crippen molar-refractivity contribution >= 4 is 11.6 Å². The molecule has 4 nitrogen and oxygen atoms in total. The predicted molar refractivity (Wildman–Crippen MR) is 78.4 cm³/mol. The summed E-state index contributed by atoms with van der Waals surface area (Å²) in [4.78, 5) is 16.0. The predicted octanol–water partition coefficient (Wildman–Crippen LogP) is 3.01. The van der Waals surface area contributed by atoms with Crippen LogP contribution in [-0.2, 0) is 0 Å². The fraction of sp³-hybridized carbons (Fsp3) is 0.562. The van der Waals surface area contributed by atoms with Crippen LogP contribution in [0, 0.1) is 16.7 Å². The third kappa shape index (κ3) is 1.94. The van der Waals surface area contributed by atoms with Crippen molar-refractivity contribution in [3.63, 3.8) is 0 Å². The van der Waals surface area contributed by atoms with Gasteiger partial charge in [0.1, 0.15) is 0 Å². The van der Waals surface area contributed by atoms with Gasteiger partial charge in [0.2, 0.25) is 0 Å². The van der Waals surface area contributed by atoms with Gasteiger partial charge in [-0.3, -0.25) is 9.78 Å². The molecule has 1 amide bonds. The molecule has 0 saturated heterocycles. The summed E-state index contributed by atoms with van der Waals surface area (Å²) in [7, 11) is 0. The molecular weight excluding hydrogens is 250 g/mol. The molecule has 4 heteroatoms. The van der Waals surface area contributed by atoms with E-state index in [0.29, 0.717) is 11.5 Å². The van der Waals surface area contributed by atoms with E-state index < -0.39 is 0 Å². The minimum absolute atomic E-state index is 0.0958. The van der Waals surface area contributed by atoms with E-state index in [2.05, 4.69) is 36.3 Å². The second kappa shape index (κ2) is 4.40. The zero-order valence-electron chi connectivity index (χ0n) is 12.3. The van der Waals surface area contributed by atoms with E-state index in [4.69, 9.17) is 0 Å². The highest BCUT2D eigenvalue weighted by atomic mass is 16.2. The zero-order chi connectivity index (χ0) is 14.4. The zero-order valence-corrected chi connectivity index (χ0v) is 12.3. The summed E-state index contributed by atoms with van der Waals surface area (Å²) < 4.78 is 0. The molecule has 1 aromatic heterocycles. The Hall–Kier alpha value is -1.71. The molecule has 0 aromatic carbocycles. The fourth-order valence-corrected chi connectivity index (χ4v) is 4.00. The summed E-state index contributed by atoms with van der Waals surface area (Å²) in [5, 5.41) is 4.50. The monoisotopic (exact) mass is 271 g/mol. The molecule has 106 valence electrons. The maximum Gasteiger partial charge on any atom is 0.271 e. The lowest BCUT2D eigenvalue weighted by Crippen LogP contribution is -2.38. The van der Waals surface area contributed by atoms with Gasteiger partial charge < -0.3 is 0 Å². The number of hydrazone groups is 1. The molecule has 2 saturated carbocycles. The molecule has 1 N–H and O–H groups in total. The molecule has 0 radical (unpaired) electrons. The van der Waals surface area contributed by atoms with Gasteiger partial charge in [-0.15, -0.1) is 0 Å². The van der Waals surface area contributed by atoms with E-state index in [1.165, 1.54) is 19.3 Å². The van der Waals surface area contributed by atoms with E-state index in [1.807, 2.05) is 0 Å². The first-order valence-electron chi connectivity index (χ1n) is 7.22. The first-order valence-corrected chi connectivity index (χ1v) is 7.22. The normalized spacial score (nSPS) is 32.5. The standard InChI is InChI=1S/C16H21N3O/c1-15(2)12-4-7-16(3,10-12)14(15)19-18-13(20)11-5-8-17-9-6-11/h5-6,8-9,12H,4,7,10H2,1-3H3,(H,18,20). The van der Waals surface area contributed by atoms with Crippen LogP contribution in [0.25, 0.3) is 0 Å². The molecular formula is C16H21N3O. The number of amides is 1. The minimum Gasteiger partial charge on any atom is -0.267 e. The molecule has 0 aliphatic heterocycles. The van der Waals surface area contributed by atoms with Crippen molar-refractivity contribution in [2.24, 2.45) is 21.8 Å². The third-order valence-electron chi connectivity index (χ3n) is 5.16. The van der Waals surface area contributed by atoms with Gasteiger partial charge >= 0.3 is 0 Å². The number of aromatic nitrogens is 1. The van der Waals surface area contributed by atoms with E-state index >= 15 is 0 Å². The highest BCUT2D eigenvalue weighted by Gasteiger charge is 2.57. The summed E-state index contributed by atoms with van der Waals surface area (Å²) in [6.45, 7) is 6.78. The van der Waals surface area contributed by atoms with Crippen molar-refractivity contribution in [2.75, 3.05) is 0 Å². The number of fused-ring (bicyclic) bond motifs is 2. The fourth-order valence-electron chi connectivity index (χ4n) is 4.00. The van der Waals surface area contributed by atoms with Crippen molar-refractivity contribution in [2.45, 2.75) is 40.0 Å². The minimum atomic E-state index is -0.165. The molecule has 2 atom stereocenters. The van der Waals surface area contributed by atoms with E-state index in [0.717, 1.165) is 5.71 Å². The third-order valence-corrected chi connectivity index (χ3v) is 5.16. The van der Waals surface area contributed by atoms with Crippen molar-refractivity contribution in [1.82, 2.24) is 10.4 Å². The number of carbonyl (C=O) groups excluding carboxylic acids is 1. The molecule has 2 aliphatic carbocycles. The van der Waals surface area contributed by atoms with Crippen LogP contribution in [0.15, 0.2) is 29.6 Å². The Bertz CT molecular complexity index is 558. The van der Waals surface area contributed by atoms with Crippen LogP contribution in [0.1, 0.15) is 50.4 Å². The molecule has 2 aliphatic rings. The summed E-state index contributed by atoms with van der Waals surface area (Å²) in [5.41, 5.74) is 4.74. The van der Waals surface area contributed by atoms with E-state index in [9.17, 15) is 4.79 Å². The summed E-state index contributed by atoms with van der Waals surface area (Å²) in [6.07, 6.45) is 6.89. The summed E-state index contributed by atoms with van der Waals surface area (Å²) in [5.74, 6) is 0.533. The lowest BCUT2D eigenvalue weighted by Gasteiger charge is -2.35. The van der Waals surface area contributed by atoms with Crippen molar-refractivity contribution in [3.8, 4) is 0 Å². The number of carbonyl (C=O) groups is 1. The second-order valence-electron chi connectivity index (χ2n) is 6.86. The smallest absolute Gasteiger partial charge is 0.267 e. The Kier molecular flexibility index (Phi) is 2.92. The molecule has 1 aromatic rings. The Morgan fingerprint density at radius 2 is 2.05 bits per heavy atom. The van der Waals surface area contributed by atoms with Crippen LogP contribution in [0.3, 0.4) is 0 Å². The molecule has 2 fully saturated rings. The number of hydrogen-bond donors (Lipinski definition) is 1. The van der Waals surface area contributed by atoms with Gasteiger partial charge in [0.15, 0.2) is 0 Å². The molecule has 20 heavy (non-hydrogen) atoms. The number of nitrogens with one attached hydrogen (secondary N) is 1. The Labute approximate surface area is 119 Å². The van der Waals surface area contributed by atoms with E-state index in [1.54, 1.807) is 24.5 Å². The average Bonchev–Trinajstić information content (AvgIpc) is 2.90. The molecule has 3 rings (SSSR count). The van der Waals surface area contributed by atoms with Gasteiger partial charge in [-0.05, 0) is 37.3 Å². The molecule has 2 bridgehead atoms. The van der Waals surface area contributed by atoms with Crippen molar-refractivity contribution < 1.29 is 4.79 Å². The first kappa shape index (κ1) is 13.3. The SMILES string of the molecule is CC12CCC(C1)C(C)(C)C2=NNC(=O)c1ccncc1. The maximum atomic E-state index is 12.1. The van der Waals surface area contributed by atoms with Crippen LogP contribution in [-0.4, -0.2) is 16.6 Å². The summed E-state index contributed by atoms with van der Waals surface area (Å²) in [6, 6.07) is 3.40. The number of rotatable bonds is 2. The average molecular weight is 271 g/mol. The highest BCUT2D eigenvalue weighted by molar-refractivity contribution is 6.00. The number of nitrogens with zero attached hydrogens (tertiary/aromatic N) is 2. The highest BCUT2D eigenvalue weighted by Crippen LogP contribution is 2.60. The van der Waals surface area contributed by atoms with E-state index in [-0.39, 0.29) is 16.7 Å². The van der Waals surface area contributed by atoms with Crippen LogP contribution in [0.2, 0.25) is 0 Å². The molecule has 1 heterocycles. The summed E-state index contributed by atoms with van der Waals surface area (Å²) >= 11 is 0. The maximum absolute atomic E-state index is 12.1. The van der Waals surface area contributed by atoms with Gasteiger partial charge in [0.25, 0.3) is 5.91 Å². The Morgan fingerprint density at radius 1 is 1.35 bits per heavy atom. The van der Waals surface area contributed by atoms with Gasteiger partial charge in [0, 0.05) is 28.8 Å². The van der Waals surface area contributed by atoms with Crippen LogP contribution >= 0.6 is 0 Å². The van der Waals surface area contributed by atoms with Crippen LogP contribution < -0.4 is 5.43 Å². The lowest BCUT2D eigenvalue weighted by molar-refractivity contribution is 0.0953. The topological polar surface area (TPSA) is 54.4 Å². The van der Waals surface area contributed by atoms with Gasteiger partial charge in [0.05, 0.1) is 5.71 Å². The first-order chi connectivity index (χ1) is 9.43. The van der Waals surface area contributed by atoms with Gasteiger partial charge in [-0.2, -0.15) is 5.10 Å². The van der Waals surface area contributed by atoms with Crippen molar-refractivity contribution in [1.29, 1.82) is 0 Å². The number of pyridine rings is 1. The lowest BCUT2D eigenvalue weighted by atomic mass is 9.71. The quantitative estimate of drug-likeness (QED) is 0.841. The van der Waals surface area contributed by atoms with Gasteiger partial charge in [-0.25, -0.2) is 5.43 Å². The van der Waals surface area contributed by atoms with Crippen molar-refractivity contribution in [3.05, 3.63) is 30.1 Å². The Morgan fingerprint density at radius 3 is 2.65 bits per heavy atom. The molecule has 0 spiro atoms. The van der Waals surface area contributed by atoms with Crippen LogP contribution in [0.5, 0.6) is 0 Å². The molecule has 2 unspecified atom stereocenters. The van der Waals surface area contributed by atoms with Gasteiger partial charge in [-0.1, -0.05) is 20.8 Å². The van der Waals surface area contributed by atoms with Crippen LogP contribution in [0.4, 0.5) is 0 Å².